The number of likely N-dealkylation sites (N-methyl/N-ethyl adjacent to an activating group) is 1. The lowest BCUT2D eigenvalue weighted by Crippen LogP contribution is -2.51. The van der Waals surface area contributed by atoms with Crippen LogP contribution < -0.4 is 0 Å². The summed E-state index contributed by atoms with van der Waals surface area (Å²) in [6, 6.07) is 0.452. The average Bonchev–Trinajstić information content (AvgIpc) is 3.08. The van der Waals surface area contributed by atoms with Gasteiger partial charge in [0, 0.05) is 39.6 Å². The third-order valence-corrected chi connectivity index (χ3v) is 6.21. The van der Waals surface area contributed by atoms with Crippen LogP contribution in [0.15, 0.2) is 4.42 Å². The Labute approximate surface area is 168 Å². The molecule has 0 aromatic carbocycles. The van der Waals surface area contributed by atoms with Crippen molar-refractivity contribution in [3.63, 3.8) is 0 Å². The number of hydrogen-bond donors (Lipinski definition) is 0. The molecule has 3 rings (SSSR count). The molecular formula is C21H34N4O3. The van der Waals surface area contributed by atoms with E-state index in [1.807, 2.05) is 32.8 Å². The SMILES string of the molecule is CCc1nc(C)c(C(=O)N2CCC([C@H]3CCCCN3CC(=O)N(C)C)CC2)o1. The van der Waals surface area contributed by atoms with Gasteiger partial charge in [-0.3, -0.25) is 14.5 Å². The second-order valence-electron chi connectivity index (χ2n) is 8.33. The van der Waals surface area contributed by atoms with E-state index < -0.39 is 0 Å². The highest BCUT2D eigenvalue weighted by Crippen LogP contribution is 2.31. The van der Waals surface area contributed by atoms with Gasteiger partial charge >= 0.3 is 0 Å². The van der Waals surface area contributed by atoms with Gasteiger partial charge in [0.15, 0.2) is 5.89 Å². The second-order valence-corrected chi connectivity index (χ2v) is 8.33. The average molecular weight is 391 g/mol. The van der Waals surface area contributed by atoms with E-state index in [0.29, 0.717) is 42.3 Å². The molecule has 156 valence electrons. The summed E-state index contributed by atoms with van der Waals surface area (Å²) in [5, 5.41) is 0. The highest BCUT2D eigenvalue weighted by Gasteiger charge is 2.35. The number of carbonyl (C=O) groups excluding carboxylic acids is 2. The maximum absolute atomic E-state index is 12.8. The second kappa shape index (κ2) is 9.07. The van der Waals surface area contributed by atoms with Gasteiger partial charge in [-0.2, -0.15) is 0 Å². The molecule has 0 radical (unpaired) electrons. The molecule has 2 aliphatic heterocycles. The van der Waals surface area contributed by atoms with E-state index in [9.17, 15) is 9.59 Å². The Morgan fingerprint density at radius 3 is 2.46 bits per heavy atom. The lowest BCUT2D eigenvalue weighted by molar-refractivity contribution is -0.131. The number of piperidine rings is 2. The molecule has 2 amide bonds. The lowest BCUT2D eigenvalue weighted by Gasteiger charge is -2.43. The van der Waals surface area contributed by atoms with Gasteiger partial charge in [0.05, 0.1) is 12.2 Å². The first-order valence-corrected chi connectivity index (χ1v) is 10.6. The monoisotopic (exact) mass is 390 g/mol. The van der Waals surface area contributed by atoms with Crippen molar-refractivity contribution >= 4 is 11.8 Å². The maximum atomic E-state index is 12.8. The van der Waals surface area contributed by atoms with Crippen LogP contribution in [0.25, 0.3) is 0 Å². The fourth-order valence-corrected chi connectivity index (χ4v) is 4.49. The minimum atomic E-state index is -0.0357. The Morgan fingerprint density at radius 1 is 1.14 bits per heavy atom. The normalized spacial score (nSPS) is 21.7. The zero-order chi connectivity index (χ0) is 20.3. The largest absolute Gasteiger partial charge is 0.435 e. The molecule has 7 nitrogen and oxygen atoms in total. The highest BCUT2D eigenvalue weighted by molar-refractivity contribution is 5.92. The van der Waals surface area contributed by atoms with E-state index in [-0.39, 0.29) is 11.8 Å². The summed E-state index contributed by atoms with van der Waals surface area (Å²) in [4.78, 5) is 35.3. The number of hydrogen-bond acceptors (Lipinski definition) is 5. The van der Waals surface area contributed by atoms with Gasteiger partial charge in [0.2, 0.25) is 11.7 Å². The number of carbonyl (C=O) groups is 2. The number of rotatable bonds is 5. The van der Waals surface area contributed by atoms with Gasteiger partial charge in [0.25, 0.3) is 5.91 Å². The molecule has 0 spiro atoms. The van der Waals surface area contributed by atoms with Crippen molar-refractivity contribution in [2.75, 3.05) is 40.3 Å². The lowest BCUT2D eigenvalue weighted by atomic mass is 9.83. The summed E-state index contributed by atoms with van der Waals surface area (Å²) in [5.41, 5.74) is 0.685. The first kappa shape index (κ1) is 20.8. The Balaban J connectivity index is 1.59. The molecule has 1 aromatic heterocycles. The summed E-state index contributed by atoms with van der Waals surface area (Å²) < 4.78 is 5.65. The third kappa shape index (κ3) is 4.57. The van der Waals surface area contributed by atoms with E-state index >= 15 is 0 Å². The third-order valence-electron chi connectivity index (χ3n) is 6.21. The van der Waals surface area contributed by atoms with Gasteiger partial charge in [0.1, 0.15) is 0 Å². The molecule has 0 aliphatic carbocycles. The topological polar surface area (TPSA) is 69.9 Å². The van der Waals surface area contributed by atoms with Crippen molar-refractivity contribution in [1.82, 2.24) is 19.7 Å². The van der Waals surface area contributed by atoms with Gasteiger partial charge < -0.3 is 14.2 Å². The Morgan fingerprint density at radius 2 is 1.86 bits per heavy atom. The molecule has 0 bridgehead atoms. The summed E-state index contributed by atoms with van der Waals surface area (Å²) in [6.07, 6.45) is 6.21. The molecule has 0 N–H and O–H groups in total. The van der Waals surface area contributed by atoms with E-state index in [1.54, 1.807) is 4.90 Å². The first-order valence-electron chi connectivity index (χ1n) is 10.6. The van der Waals surface area contributed by atoms with Crippen molar-refractivity contribution in [1.29, 1.82) is 0 Å². The van der Waals surface area contributed by atoms with Crippen LogP contribution >= 0.6 is 0 Å². The molecule has 2 fully saturated rings. The van der Waals surface area contributed by atoms with E-state index in [1.165, 1.54) is 12.8 Å². The molecular weight excluding hydrogens is 356 g/mol. The molecule has 0 saturated carbocycles. The standard InChI is InChI=1S/C21H34N4O3/c1-5-18-22-15(2)20(28-18)21(27)24-12-9-16(10-13-24)17-8-6-7-11-25(17)14-19(26)23(3)4/h16-17H,5-14H2,1-4H3/t17-/m1/s1. The maximum Gasteiger partial charge on any atom is 0.291 e. The molecule has 1 atom stereocenters. The van der Waals surface area contributed by atoms with Crippen LogP contribution in [0.4, 0.5) is 0 Å². The summed E-state index contributed by atoms with van der Waals surface area (Å²) >= 11 is 0. The molecule has 7 heteroatoms. The van der Waals surface area contributed by atoms with Crippen molar-refractivity contribution in [3.05, 3.63) is 17.3 Å². The Hall–Kier alpha value is -1.89. The van der Waals surface area contributed by atoms with Crippen molar-refractivity contribution < 1.29 is 14.0 Å². The minimum Gasteiger partial charge on any atom is -0.435 e. The fourth-order valence-electron chi connectivity index (χ4n) is 4.49. The molecule has 28 heavy (non-hydrogen) atoms. The zero-order valence-electron chi connectivity index (χ0n) is 17.7. The quantitative estimate of drug-likeness (QED) is 0.772. The molecule has 1 aromatic rings. The fraction of sp³-hybridized carbons (Fsp3) is 0.762. The number of nitrogens with zero attached hydrogens (tertiary/aromatic N) is 4. The van der Waals surface area contributed by atoms with Gasteiger partial charge in [-0.1, -0.05) is 13.3 Å². The van der Waals surface area contributed by atoms with Gasteiger partial charge in [-0.15, -0.1) is 0 Å². The van der Waals surface area contributed by atoms with E-state index in [4.69, 9.17) is 4.42 Å². The van der Waals surface area contributed by atoms with Crippen LogP contribution in [0.1, 0.15) is 61.2 Å². The highest BCUT2D eigenvalue weighted by atomic mass is 16.4. The zero-order valence-corrected chi connectivity index (χ0v) is 17.7. The van der Waals surface area contributed by atoms with E-state index in [2.05, 4.69) is 9.88 Å². The van der Waals surface area contributed by atoms with Crippen LogP contribution in [0.5, 0.6) is 0 Å². The van der Waals surface area contributed by atoms with Crippen LogP contribution in [0, 0.1) is 12.8 Å². The summed E-state index contributed by atoms with van der Waals surface area (Å²) in [6.45, 7) is 6.81. The van der Waals surface area contributed by atoms with Gasteiger partial charge in [-0.25, -0.2) is 4.98 Å². The number of amides is 2. The molecule has 2 aliphatic rings. The van der Waals surface area contributed by atoms with Crippen molar-refractivity contribution in [2.24, 2.45) is 5.92 Å². The first-order chi connectivity index (χ1) is 13.4. The van der Waals surface area contributed by atoms with E-state index in [0.717, 1.165) is 38.9 Å². The van der Waals surface area contributed by atoms with Crippen LogP contribution in [0.3, 0.4) is 0 Å². The number of oxazole rings is 1. The Kier molecular flexibility index (Phi) is 6.75. The smallest absolute Gasteiger partial charge is 0.291 e. The summed E-state index contributed by atoms with van der Waals surface area (Å²) in [5.74, 6) is 1.70. The minimum absolute atomic E-state index is 0.0357. The van der Waals surface area contributed by atoms with Crippen LogP contribution in [0.2, 0.25) is 0 Å². The van der Waals surface area contributed by atoms with Crippen molar-refractivity contribution in [2.45, 2.75) is 58.4 Å². The van der Waals surface area contributed by atoms with Gasteiger partial charge in [-0.05, 0) is 45.1 Å². The van der Waals surface area contributed by atoms with Crippen molar-refractivity contribution in [3.8, 4) is 0 Å². The number of aromatic nitrogens is 1. The molecule has 3 heterocycles. The number of likely N-dealkylation sites (tertiary alicyclic amines) is 2. The molecule has 2 saturated heterocycles. The Bertz CT molecular complexity index is 692. The van der Waals surface area contributed by atoms with Crippen LogP contribution in [-0.2, 0) is 11.2 Å². The molecule has 0 unspecified atom stereocenters. The number of aryl methyl sites for hydroxylation is 2. The van der Waals surface area contributed by atoms with Crippen LogP contribution in [-0.4, -0.2) is 77.8 Å². The predicted octanol–water partition coefficient (Wildman–Crippen LogP) is 2.34. The summed E-state index contributed by atoms with van der Waals surface area (Å²) in [7, 11) is 3.64. The predicted molar refractivity (Wildman–Crippen MR) is 107 cm³/mol.